The van der Waals surface area contributed by atoms with Crippen LogP contribution in [0, 0.1) is 13.8 Å². The van der Waals surface area contributed by atoms with Crippen LogP contribution in [-0.4, -0.2) is 54.0 Å². The number of alkyl halides is 1. The number of hydrogen-bond acceptors (Lipinski definition) is 5. The third-order valence-corrected chi connectivity index (χ3v) is 9.70. The van der Waals surface area contributed by atoms with E-state index in [2.05, 4.69) is 42.3 Å². The normalized spacial score (nSPS) is 25.1. The highest BCUT2D eigenvalue weighted by Crippen LogP contribution is 2.34. The van der Waals surface area contributed by atoms with Crippen LogP contribution >= 0.6 is 22.9 Å². The second kappa shape index (κ2) is 8.11. The molecule has 160 valence electrons. The van der Waals surface area contributed by atoms with Gasteiger partial charge in [0.1, 0.15) is 5.25 Å². The molecule has 8 heteroatoms. The van der Waals surface area contributed by atoms with Gasteiger partial charge in [-0.3, -0.25) is 0 Å². The zero-order chi connectivity index (χ0) is 21.5. The van der Waals surface area contributed by atoms with Crippen LogP contribution in [0.1, 0.15) is 18.1 Å². The Labute approximate surface area is 187 Å². The zero-order valence-electron chi connectivity index (χ0n) is 17.4. The summed E-state index contributed by atoms with van der Waals surface area (Å²) in [6.45, 7) is 8.07. The van der Waals surface area contributed by atoms with Crippen LogP contribution in [0.25, 0.3) is 11.3 Å². The van der Waals surface area contributed by atoms with Gasteiger partial charge in [0, 0.05) is 37.1 Å². The molecule has 2 aliphatic rings. The quantitative estimate of drug-likeness (QED) is 0.632. The largest absolute Gasteiger partial charge is 0.345 e. The summed E-state index contributed by atoms with van der Waals surface area (Å²) in [5.41, 5.74) is 4.61. The van der Waals surface area contributed by atoms with E-state index in [-0.39, 0.29) is 0 Å². The maximum absolute atomic E-state index is 13.2. The van der Waals surface area contributed by atoms with E-state index in [0.717, 1.165) is 16.4 Å². The molecule has 1 aromatic carbocycles. The van der Waals surface area contributed by atoms with Gasteiger partial charge in [-0.05, 0) is 31.9 Å². The maximum Gasteiger partial charge on any atom is 0.222 e. The Morgan fingerprint density at radius 1 is 1.17 bits per heavy atom. The summed E-state index contributed by atoms with van der Waals surface area (Å²) in [7, 11) is -3.53. The smallest absolute Gasteiger partial charge is 0.222 e. The minimum absolute atomic E-state index is 0.432. The zero-order valence-corrected chi connectivity index (χ0v) is 19.8. The fourth-order valence-corrected chi connectivity index (χ4v) is 7.24. The molecule has 4 rings (SSSR count). The molecule has 0 N–H and O–H groups in total. The lowest BCUT2D eigenvalue weighted by atomic mass is 10.0. The number of benzene rings is 1. The number of halogens is 1. The van der Waals surface area contributed by atoms with Crippen molar-refractivity contribution in [3.8, 4) is 11.3 Å². The van der Waals surface area contributed by atoms with E-state index in [1.165, 1.54) is 11.1 Å². The number of thiazole rings is 1. The van der Waals surface area contributed by atoms with Crippen molar-refractivity contribution in [1.29, 1.82) is 0 Å². The fourth-order valence-electron chi connectivity index (χ4n) is 3.94. The Hall–Kier alpha value is -1.67. The lowest BCUT2D eigenvalue weighted by molar-refractivity contribution is 0.379. The van der Waals surface area contributed by atoms with Crippen LogP contribution < -0.4 is 4.90 Å². The molecule has 2 aromatic rings. The standard InChI is InChI=1S/C22H26ClN3O2S2/c1-16-7-6-8-18(17(16)2)19-15-29-21(24-19)25-11-13-26(14-12-25)30(27,28)20-9-4-5-10-22(20,3)23/h4-10,15,20H,11-14H2,1-3H3. The average Bonchev–Trinajstić information content (AvgIpc) is 3.19. The summed E-state index contributed by atoms with van der Waals surface area (Å²) >= 11 is 8.10. The fraction of sp³-hybridized carbons (Fsp3) is 0.409. The number of rotatable bonds is 4. The van der Waals surface area contributed by atoms with Crippen molar-refractivity contribution in [3.63, 3.8) is 0 Å². The van der Waals surface area contributed by atoms with Crippen molar-refractivity contribution >= 4 is 38.1 Å². The molecule has 30 heavy (non-hydrogen) atoms. The first kappa shape index (κ1) is 21.6. The summed E-state index contributed by atoms with van der Waals surface area (Å²) in [4.78, 5) is 6.08. The molecule has 1 aliphatic heterocycles. The predicted octanol–water partition coefficient (Wildman–Crippen LogP) is 4.37. The monoisotopic (exact) mass is 463 g/mol. The number of hydrogen-bond donors (Lipinski definition) is 0. The van der Waals surface area contributed by atoms with Crippen molar-refractivity contribution in [1.82, 2.24) is 9.29 Å². The molecule has 1 aromatic heterocycles. The number of nitrogens with zero attached hydrogens (tertiary/aromatic N) is 3. The molecule has 1 aliphatic carbocycles. The number of aromatic nitrogens is 1. The van der Waals surface area contributed by atoms with Crippen LogP contribution in [0.4, 0.5) is 5.13 Å². The Bertz CT molecular complexity index is 1100. The van der Waals surface area contributed by atoms with E-state index < -0.39 is 20.1 Å². The molecule has 0 bridgehead atoms. The molecule has 0 radical (unpaired) electrons. The lowest BCUT2D eigenvalue weighted by Crippen LogP contribution is -2.54. The Balaban J connectivity index is 1.47. The van der Waals surface area contributed by atoms with E-state index in [1.807, 2.05) is 0 Å². The molecule has 2 atom stereocenters. The third-order valence-electron chi connectivity index (χ3n) is 5.94. The summed E-state index contributed by atoms with van der Waals surface area (Å²) in [6, 6.07) is 6.26. The van der Waals surface area contributed by atoms with Crippen molar-refractivity contribution in [2.45, 2.75) is 30.9 Å². The highest BCUT2D eigenvalue weighted by Gasteiger charge is 2.43. The van der Waals surface area contributed by atoms with Crippen LogP contribution in [0.3, 0.4) is 0 Å². The van der Waals surface area contributed by atoms with Gasteiger partial charge in [-0.15, -0.1) is 22.9 Å². The number of aryl methyl sites for hydroxylation is 1. The van der Waals surface area contributed by atoms with Crippen LogP contribution in [-0.2, 0) is 10.0 Å². The van der Waals surface area contributed by atoms with Crippen molar-refractivity contribution in [2.24, 2.45) is 0 Å². The SMILES string of the molecule is Cc1cccc(-c2csc(N3CCN(S(=O)(=O)C4C=CC=CC4(C)Cl)CC3)n2)c1C. The molecular weight excluding hydrogens is 438 g/mol. The molecule has 0 amide bonds. The molecule has 0 saturated carbocycles. The summed E-state index contributed by atoms with van der Waals surface area (Å²) in [5.74, 6) is 0. The second-order valence-corrected chi connectivity index (χ2v) is 11.7. The first-order chi connectivity index (χ1) is 14.2. The molecular formula is C22H26ClN3O2S2. The van der Waals surface area contributed by atoms with E-state index in [9.17, 15) is 8.42 Å². The van der Waals surface area contributed by atoms with Gasteiger partial charge < -0.3 is 4.90 Å². The van der Waals surface area contributed by atoms with E-state index >= 15 is 0 Å². The van der Waals surface area contributed by atoms with Gasteiger partial charge in [0.2, 0.25) is 10.0 Å². The first-order valence-corrected chi connectivity index (χ1v) is 12.8. The molecule has 5 nitrogen and oxygen atoms in total. The minimum Gasteiger partial charge on any atom is -0.345 e. The van der Waals surface area contributed by atoms with E-state index in [0.29, 0.717) is 26.2 Å². The predicted molar refractivity (Wildman–Crippen MR) is 126 cm³/mol. The van der Waals surface area contributed by atoms with Gasteiger partial charge in [-0.2, -0.15) is 4.31 Å². The maximum atomic E-state index is 13.2. The molecule has 2 unspecified atom stereocenters. The number of anilines is 1. The van der Waals surface area contributed by atoms with Gasteiger partial charge in [0.05, 0.1) is 10.6 Å². The summed E-state index contributed by atoms with van der Waals surface area (Å²) in [6.07, 6.45) is 6.99. The molecule has 2 heterocycles. The highest BCUT2D eigenvalue weighted by molar-refractivity contribution is 7.90. The Morgan fingerprint density at radius 3 is 2.60 bits per heavy atom. The third kappa shape index (κ3) is 3.96. The number of sulfonamides is 1. The van der Waals surface area contributed by atoms with Crippen molar-refractivity contribution in [3.05, 3.63) is 59.0 Å². The average molecular weight is 464 g/mol. The van der Waals surface area contributed by atoms with Gasteiger partial charge in [0.25, 0.3) is 0 Å². The highest BCUT2D eigenvalue weighted by atomic mass is 35.5. The van der Waals surface area contributed by atoms with Gasteiger partial charge in [-0.1, -0.05) is 42.5 Å². The topological polar surface area (TPSA) is 53.5 Å². The van der Waals surface area contributed by atoms with Crippen molar-refractivity contribution < 1.29 is 8.42 Å². The van der Waals surface area contributed by atoms with Gasteiger partial charge in [-0.25, -0.2) is 13.4 Å². The van der Waals surface area contributed by atoms with E-state index in [4.69, 9.17) is 16.6 Å². The van der Waals surface area contributed by atoms with E-state index in [1.54, 1.807) is 46.9 Å². The van der Waals surface area contributed by atoms with Gasteiger partial charge >= 0.3 is 0 Å². The number of piperazine rings is 1. The summed E-state index contributed by atoms with van der Waals surface area (Å²) in [5, 5.41) is 2.27. The minimum atomic E-state index is -3.53. The molecule has 1 fully saturated rings. The van der Waals surface area contributed by atoms with Crippen LogP contribution in [0.15, 0.2) is 47.9 Å². The number of allylic oxidation sites excluding steroid dienone is 3. The van der Waals surface area contributed by atoms with Crippen LogP contribution in [0.5, 0.6) is 0 Å². The second-order valence-electron chi connectivity index (χ2n) is 8.01. The first-order valence-electron chi connectivity index (χ1n) is 10.0. The van der Waals surface area contributed by atoms with Gasteiger partial charge in [0.15, 0.2) is 5.13 Å². The van der Waals surface area contributed by atoms with Crippen molar-refractivity contribution in [2.75, 3.05) is 31.1 Å². The molecule has 1 saturated heterocycles. The Morgan fingerprint density at radius 2 is 1.90 bits per heavy atom. The van der Waals surface area contributed by atoms with Crippen LogP contribution in [0.2, 0.25) is 0 Å². The Kier molecular flexibility index (Phi) is 5.83. The lowest BCUT2D eigenvalue weighted by Gasteiger charge is -2.38. The molecule has 0 spiro atoms. The summed E-state index contributed by atoms with van der Waals surface area (Å²) < 4.78 is 27.9.